The second kappa shape index (κ2) is 4.31. The van der Waals surface area contributed by atoms with Gasteiger partial charge in [-0.05, 0) is 25.0 Å². The molecule has 1 aliphatic carbocycles. The highest BCUT2D eigenvalue weighted by Gasteiger charge is 2.43. The topological polar surface area (TPSA) is 61.4 Å². The Labute approximate surface area is 98.6 Å². The molecule has 0 heterocycles. The summed E-state index contributed by atoms with van der Waals surface area (Å²) in [5.41, 5.74) is 0.154. The van der Waals surface area contributed by atoms with Crippen molar-refractivity contribution in [3.63, 3.8) is 0 Å². The van der Waals surface area contributed by atoms with E-state index in [9.17, 15) is 4.79 Å². The number of carbonyl (C=O) groups is 1. The van der Waals surface area contributed by atoms with E-state index in [1.54, 1.807) is 24.3 Å². The van der Waals surface area contributed by atoms with Crippen molar-refractivity contribution in [2.45, 2.75) is 18.4 Å². The van der Waals surface area contributed by atoms with Crippen molar-refractivity contribution in [1.29, 1.82) is 0 Å². The Morgan fingerprint density at radius 1 is 1.44 bits per heavy atom. The molecule has 3 N–H and O–H groups in total. The van der Waals surface area contributed by atoms with Crippen molar-refractivity contribution >= 4 is 23.3 Å². The number of aliphatic hydroxyl groups is 1. The number of amides is 2. The minimum absolute atomic E-state index is 0.0249. The number of nitrogens with one attached hydrogen (secondary N) is 2. The average molecular weight is 241 g/mol. The molecule has 1 aromatic carbocycles. The second-order valence-corrected chi connectivity index (χ2v) is 4.40. The summed E-state index contributed by atoms with van der Waals surface area (Å²) in [6.45, 7) is -0.0249. The lowest BCUT2D eigenvalue weighted by Crippen LogP contribution is -2.42. The van der Waals surface area contributed by atoms with E-state index < -0.39 is 5.54 Å². The SMILES string of the molecule is O=C(Nc1ccccc1Cl)NC1(CO)CC1. The van der Waals surface area contributed by atoms with Gasteiger partial charge in [0.15, 0.2) is 0 Å². The van der Waals surface area contributed by atoms with Crippen LogP contribution in [-0.2, 0) is 0 Å². The molecule has 2 rings (SSSR count). The van der Waals surface area contributed by atoms with Crippen LogP contribution in [0.15, 0.2) is 24.3 Å². The molecule has 0 unspecified atom stereocenters. The van der Waals surface area contributed by atoms with Crippen molar-refractivity contribution in [2.24, 2.45) is 0 Å². The Balaban J connectivity index is 1.95. The van der Waals surface area contributed by atoms with Gasteiger partial charge in [-0.1, -0.05) is 23.7 Å². The summed E-state index contributed by atoms with van der Waals surface area (Å²) >= 11 is 5.90. The fourth-order valence-electron chi connectivity index (χ4n) is 1.43. The lowest BCUT2D eigenvalue weighted by atomic mass is 10.3. The maximum atomic E-state index is 11.6. The lowest BCUT2D eigenvalue weighted by Gasteiger charge is -2.15. The summed E-state index contributed by atoms with van der Waals surface area (Å²) < 4.78 is 0. The first-order chi connectivity index (χ1) is 7.65. The average Bonchev–Trinajstić information content (AvgIpc) is 3.02. The van der Waals surface area contributed by atoms with Crippen molar-refractivity contribution in [1.82, 2.24) is 5.32 Å². The normalized spacial score (nSPS) is 16.6. The molecular weight excluding hydrogens is 228 g/mol. The molecule has 0 atom stereocenters. The maximum Gasteiger partial charge on any atom is 0.319 e. The number of hydrogen-bond donors (Lipinski definition) is 3. The number of hydrogen-bond acceptors (Lipinski definition) is 2. The van der Waals surface area contributed by atoms with Crippen molar-refractivity contribution < 1.29 is 9.90 Å². The molecule has 86 valence electrons. The molecule has 1 aliphatic rings. The van der Waals surface area contributed by atoms with Gasteiger partial charge < -0.3 is 15.7 Å². The van der Waals surface area contributed by atoms with Gasteiger partial charge >= 0.3 is 6.03 Å². The highest BCUT2D eigenvalue weighted by atomic mass is 35.5. The molecular formula is C11H13ClN2O2. The highest BCUT2D eigenvalue weighted by molar-refractivity contribution is 6.33. The number of aliphatic hydroxyl groups excluding tert-OH is 1. The Hall–Kier alpha value is -1.26. The maximum absolute atomic E-state index is 11.6. The van der Waals surface area contributed by atoms with E-state index in [2.05, 4.69) is 10.6 Å². The van der Waals surface area contributed by atoms with E-state index in [0.717, 1.165) is 12.8 Å². The van der Waals surface area contributed by atoms with E-state index in [-0.39, 0.29) is 12.6 Å². The largest absolute Gasteiger partial charge is 0.394 e. The van der Waals surface area contributed by atoms with E-state index in [0.29, 0.717) is 10.7 Å². The third kappa shape index (κ3) is 2.46. The molecule has 0 radical (unpaired) electrons. The molecule has 1 aromatic rings. The minimum Gasteiger partial charge on any atom is -0.394 e. The van der Waals surface area contributed by atoms with E-state index >= 15 is 0 Å². The van der Waals surface area contributed by atoms with Crippen LogP contribution in [0.3, 0.4) is 0 Å². The number of carbonyl (C=O) groups excluding carboxylic acids is 1. The fourth-order valence-corrected chi connectivity index (χ4v) is 1.61. The molecule has 1 fully saturated rings. The van der Waals surface area contributed by atoms with Crippen LogP contribution in [0.2, 0.25) is 5.02 Å². The van der Waals surface area contributed by atoms with E-state index in [4.69, 9.17) is 16.7 Å². The zero-order chi connectivity index (χ0) is 11.6. The third-order valence-corrected chi connectivity index (χ3v) is 2.99. The minimum atomic E-state index is -0.411. The zero-order valence-electron chi connectivity index (χ0n) is 8.66. The van der Waals surface area contributed by atoms with Gasteiger partial charge in [-0.3, -0.25) is 0 Å². The second-order valence-electron chi connectivity index (χ2n) is 4.00. The summed E-state index contributed by atoms with van der Waals surface area (Å²) in [4.78, 5) is 11.6. The van der Waals surface area contributed by atoms with Crippen LogP contribution in [0.25, 0.3) is 0 Å². The van der Waals surface area contributed by atoms with E-state index in [1.807, 2.05) is 0 Å². The standard InChI is InChI=1S/C11H13ClN2O2/c12-8-3-1-2-4-9(8)13-10(16)14-11(7-15)5-6-11/h1-4,15H,5-7H2,(H2,13,14,16). The molecule has 4 nitrogen and oxygen atoms in total. The summed E-state index contributed by atoms with van der Waals surface area (Å²) in [6, 6.07) is 6.68. The van der Waals surface area contributed by atoms with Gasteiger partial charge in [-0.25, -0.2) is 4.79 Å². The molecule has 0 spiro atoms. The predicted molar refractivity (Wildman–Crippen MR) is 62.7 cm³/mol. The van der Waals surface area contributed by atoms with Crippen LogP contribution >= 0.6 is 11.6 Å². The summed E-state index contributed by atoms with van der Waals surface area (Å²) in [6.07, 6.45) is 1.64. The molecule has 16 heavy (non-hydrogen) atoms. The molecule has 2 amide bonds. The fraction of sp³-hybridized carbons (Fsp3) is 0.364. The molecule has 0 aliphatic heterocycles. The molecule has 0 aromatic heterocycles. The van der Waals surface area contributed by atoms with Gasteiger partial charge in [-0.15, -0.1) is 0 Å². The third-order valence-electron chi connectivity index (χ3n) is 2.66. The Morgan fingerprint density at radius 2 is 2.12 bits per heavy atom. The monoisotopic (exact) mass is 240 g/mol. The van der Waals surface area contributed by atoms with Crippen LogP contribution in [0.4, 0.5) is 10.5 Å². The van der Waals surface area contributed by atoms with Gasteiger partial charge in [0, 0.05) is 0 Å². The molecule has 0 saturated heterocycles. The zero-order valence-corrected chi connectivity index (χ0v) is 9.42. The highest BCUT2D eigenvalue weighted by Crippen LogP contribution is 2.34. The first-order valence-corrected chi connectivity index (χ1v) is 5.48. The van der Waals surface area contributed by atoms with Crippen molar-refractivity contribution in [3.05, 3.63) is 29.3 Å². The first kappa shape index (κ1) is 11.2. The Kier molecular flexibility index (Phi) is 3.03. The van der Waals surface area contributed by atoms with Crippen LogP contribution in [0, 0.1) is 0 Å². The van der Waals surface area contributed by atoms with Crippen molar-refractivity contribution in [3.8, 4) is 0 Å². The van der Waals surface area contributed by atoms with Crippen LogP contribution in [0.1, 0.15) is 12.8 Å². The van der Waals surface area contributed by atoms with Crippen molar-refractivity contribution in [2.75, 3.05) is 11.9 Å². The number of rotatable bonds is 3. The van der Waals surface area contributed by atoms with Gasteiger partial charge in [0.1, 0.15) is 0 Å². The van der Waals surface area contributed by atoms with Gasteiger partial charge in [-0.2, -0.15) is 0 Å². The molecule has 0 bridgehead atoms. The molecule has 1 saturated carbocycles. The Bertz CT molecular complexity index is 405. The van der Waals surface area contributed by atoms with Crippen LogP contribution < -0.4 is 10.6 Å². The van der Waals surface area contributed by atoms with Crippen LogP contribution in [0.5, 0.6) is 0 Å². The van der Waals surface area contributed by atoms with Crippen LogP contribution in [-0.4, -0.2) is 23.3 Å². The predicted octanol–water partition coefficient (Wildman–Crippen LogP) is 1.99. The van der Waals surface area contributed by atoms with Gasteiger partial charge in [0.25, 0.3) is 0 Å². The summed E-state index contributed by atoms with van der Waals surface area (Å²) in [7, 11) is 0. The summed E-state index contributed by atoms with van der Waals surface area (Å²) in [5.74, 6) is 0. The molecule has 5 heteroatoms. The first-order valence-electron chi connectivity index (χ1n) is 5.10. The van der Waals surface area contributed by atoms with Gasteiger partial charge in [0.05, 0.1) is 22.9 Å². The van der Waals surface area contributed by atoms with E-state index in [1.165, 1.54) is 0 Å². The number of benzene rings is 1. The number of urea groups is 1. The lowest BCUT2D eigenvalue weighted by molar-refractivity contribution is 0.217. The van der Waals surface area contributed by atoms with Gasteiger partial charge in [0.2, 0.25) is 0 Å². The quantitative estimate of drug-likeness (QED) is 0.757. The smallest absolute Gasteiger partial charge is 0.319 e. The summed E-state index contributed by atoms with van der Waals surface area (Å²) in [5, 5.41) is 14.9. The Morgan fingerprint density at radius 3 is 2.69 bits per heavy atom. The number of anilines is 1. The number of para-hydroxylation sites is 1. The number of halogens is 1.